The number of nitrogens with two attached hydrogens (primary N) is 1. The molecule has 8 heavy (non-hydrogen) atoms. The van der Waals surface area contributed by atoms with E-state index in [0.717, 1.165) is 0 Å². The lowest BCUT2D eigenvalue weighted by Crippen LogP contribution is -2.47. The minimum Gasteiger partial charge on any atom is -0.305 e. The summed E-state index contributed by atoms with van der Waals surface area (Å²) in [5.41, 5.74) is 7.84. The van der Waals surface area contributed by atoms with E-state index in [4.69, 9.17) is 5.73 Å². The molecule has 1 aliphatic heterocycles. The number of rotatable bonds is 0. The van der Waals surface area contributed by atoms with E-state index in [9.17, 15) is 0 Å². The second-order valence-corrected chi connectivity index (χ2v) is 2.03. The molecule has 0 spiro atoms. The summed E-state index contributed by atoms with van der Waals surface area (Å²) in [6.45, 7) is 1.85. The first-order valence-electron chi connectivity index (χ1n) is 2.48. The summed E-state index contributed by atoms with van der Waals surface area (Å²) in [6, 6.07) is 0. The largest absolute Gasteiger partial charge is 0.305 e. The van der Waals surface area contributed by atoms with Crippen LogP contribution in [0.1, 0.15) is 6.92 Å². The lowest BCUT2D eigenvalue weighted by molar-refractivity contribution is 0.466. The molecule has 1 rings (SSSR count). The smallest absolute Gasteiger partial charge is 0.118 e. The highest BCUT2D eigenvalue weighted by atomic mass is 15.4. The molecule has 0 saturated carbocycles. The molecule has 0 bridgehead atoms. The second kappa shape index (κ2) is 1.59. The molecule has 0 saturated heterocycles. The highest BCUT2D eigenvalue weighted by Gasteiger charge is 2.12. The van der Waals surface area contributed by atoms with E-state index in [1.54, 1.807) is 6.21 Å². The van der Waals surface area contributed by atoms with Crippen molar-refractivity contribution in [3.8, 4) is 0 Å². The minimum atomic E-state index is -0.450. The third-order valence-electron chi connectivity index (χ3n) is 0.909. The van der Waals surface area contributed by atoms with Crippen molar-refractivity contribution in [1.82, 2.24) is 5.43 Å². The van der Waals surface area contributed by atoms with Gasteiger partial charge in [-0.25, -0.2) is 0 Å². The van der Waals surface area contributed by atoms with Crippen LogP contribution in [-0.4, -0.2) is 11.9 Å². The Balaban J connectivity index is 2.65. The molecule has 0 aromatic carbocycles. The fraction of sp³-hybridized carbons (Fsp3) is 0.400. The summed E-state index contributed by atoms with van der Waals surface area (Å²) < 4.78 is 0. The Hall–Kier alpha value is -0.830. The van der Waals surface area contributed by atoms with Gasteiger partial charge in [0.15, 0.2) is 0 Å². The third-order valence-corrected chi connectivity index (χ3v) is 0.909. The SMILES string of the molecule is CC1(N)C=CC=NN1. The minimum absolute atomic E-state index is 0.450. The van der Waals surface area contributed by atoms with Crippen LogP contribution in [0.15, 0.2) is 17.3 Å². The van der Waals surface area contributed by atoms with Crippen LogP contribution in [0, 0.1) is 0 Å². The van der Waals surface area contributed by atoms with Crippen molar-refractivity contribution in [3.05, 3.63) is 12.2 Å². The molecule has 0 aromatic heterocycles. The summed E-state index contributed by atoms with van der Waals surface area (Å²) >= 11 is 0. The number of nitrogens with one attached hydrogen (secondary N) is 1. The lowest BCUT2D eigenvalue weighted by Gasteiger charge is -2.21. The van der Waals surface area contributed by atoms with Crippen molar-refractivity contribution in [2.45, 2.75) is 12.6 Å². The van der Waals surface area contributed by atoms with Crippen LogP contribution in [0.25, 0.3) is 0 Å². The van der Waals surface area contributed by atoms with Crippen molar-refractivity contribution in [1.29, 1.82) is 0 Å². The first-order valence-corrected chi connectivity index (χ1v) is 2.48. The van der Waals surface area contributed by atoms with E-state index in [0.29, 0.717) is 0 Å². The van der Waals surface area contributed by atoms with Crippen molar-refractivity contribution in [2.75, 3.05) is 0 Å². The van der Waals surface area contributed by atoms with Gasteiger partial charge in [0.1, 0.15) is 5.66 Å². The zero-order valence-electron chi connectivity index (χ0n) is 4.76. The Morgan fingerprint density at radius 3 is 2.75 bits per heavy atom. The molecular formula is C5H9N3. The number of hydrogen-bond acceptors (Lipinski definition) is 3. The predicted octanol–water partition coefficient (Wildman–Crippen LogP) is -0.193. The first-order chi connectivity index (χ1) is 3.71. The molecule has 3 heteroatoms. The van der Waals surface area contributed by atoms with Gasteiger partial charge in [0.25, 0.3) is 0 Å². The fourth-order valence-corrected chi connectivity index (χ4v) is 0.500. The van der Waals surface area contributed by atoms with E-state index in [1.807, 2.05) is 19.1 Å². The van der Waals surface area contributed by atoms with Gasteiger partial charge in [-0.15, -0.1) is 0 Å². The molecule has 0 aromatic rings. The monoisotopic (exact) mass is 111 g/mol. The lowest BCUT2D eigenvalue weighted by atomic mass is 10.2. The van der Waals surface area contributed by atoms with Crippen LogP contribution in [-0.2, 0) is 0 Å². The van der Waals surface area contributed by atoms with E-state index in [2.05, 4.69) is 10.5 Å². The average Bonchev–Trinajstić information content (AvgIpc) is 1.65. The van der Waals surface area contributed by atoms with Gasteiger partial charge in [-0.05, 0) is 19.1 Å². The Morgan fingerprint density at radius 2 is 2.50 bits per heavy atom. The van der Waals surface area contributed by atoms with Crippen molar-refractivity contribution < 1.29 is 0 Å². The van der Waals surface area contributed by atoms with Gasteiger partial charge in [0.2, 0.25) is 0 Å². The van der Waals surface area contributed by atoms with Gasteiger partial charge in [0.05, 0.1) is 0 Å². The summed E-state index contributed by atoms with van der Waals surface area (Å²) in [4.78, 5) is 0. The quantitative estimate of drug-likeness (QED) is 0.455. The Morgan fingerprint density at radius 1 is 1.75 bits per heavy atom. The predicted molar refractivity (Wildman–Crippen MR) is 33.4 cm³/mol. The van der Waals surface area contributed by atoms with E-state index in [1.165, 1.54) is 0 Å². The van der Waals surface area contributed by atoms with Gasteiger partial charge >= 0.3 is 0 Å². The van der Waals surface area contributed by atoms with Crippen LogP contribution >= 0.6 is 0 Å². The molecule has 0 radical (unpaired) electrons. The molecule has 3 nitrogen and oxygen atoms in total. The molecule has 0 amide bonds. The molecule has 1 aliphatic rings. The van der Waals surface area contributed by atoms with Gasteiger partial charge in [0, 0.05) is 6.21 Å². The summed E-state index contributed by atoms with van der Waals surface area (Å²) in [5.74, 6) is 0. The molecule has 1 heterocycles. The van der Waals surface area contributed by atoms with Crippen molar-refractivity contribution in [2.24, 2.45) is 10.8 Å². The number of hydrazone groups is 1. The molecule has 0 aliphatic carbocycles. The zero-order chi connectivity index (χ0) is 6.04. The van der Waals surface area contributed by atoms with Crippen LogP contribution in [0.4, 0.5) is 0 Å². The maximum Gasteiger partial charge on any atom is 0.118 e. The van der Waals surface area contributed by atoms with Gasteiger partial charge in [-0.2, -0.15) is 5.10 Å². The number of hydrogen-bond donors (Lipinski definition) is 2. The standard InChI is InChI=1S/C5H9N3/c1-5(6)3-2-4-7-8-5/h2-4,8H,6H2,1H3. The Labute approximate surface area is 48.3 Å². The number of allylic oxidation sites excluding steroid dienone is 1. The average molecular weight is 111 g/mol. The molecule has 0 fully saturated rings. The van der Waals surface area contributed by atoms with Crippen molar-refractivity contribution >= 4 is 6.21 Å². The normalized spacial score (nSPS) is 34.8. The van der Waals surface area contributed by atoms with Gasteiger partial charge in [-0.3, -0.25) is 5.43 Å². The van der Waals surface area contributed by atoms with E-state index in [-0.39, 0.29) is 0 Å². The highest BCUT2D eigenvalue weighted by molar-refractivity contribution is 5.72. The van der Waals surface area contributed by atoms with Gasteiger partial charge < -0.3 is 5.73 Å². The summed E-state index contributed by atoms with van der Waals surface area (Å²) in [7, 11) is 0. The highest BCUT2D eigenvalue weighted by Crippen LogP contribution is 1.97. The van der Waals surface area contributed by atoms with Crippen molar-refractivity contribution in [3.63, 3.8) is 0 Å². The third kappa shape index (κ3) is 1.07. The second-order valence-electron chi connectivity index (χ2n) is 2.03. The van der Waals surface area contributed by atoms with Crippen LogP contribution < -0.4 is 11.2 Å². The summed E-state index contributed by atoms with van der Waals surface area (Å²) in [6.07, 6.45) is 5.32. The first kappa shape index (κ1) is 5.31. The Kier molecular flexibility index (Phi) is 1.06. The molecule has 44 valence electrons. The maximum absolute atomic E-state index is 5.57. The zero-order valence-corrected chi connectivity index (χ0v) is 4.76. The van der Waals surface area contributed by atoms with Crippen LogP contribution in [0.5, 0.6) is 0 Å². The van der Waals surface area contributed by atoms with Crippen LogP contribution in [0.2, 0.25) is 0 Å². The van der Waals surface area contributed by atoms with Crippen LogP contribution in [0.3, 0.4) is 0 Å². The molecular weight excluding hydrogens is 102 g/mol. The number of nitrogens with zero attached hydrogens (tertiary/aromatic N) is 1. The summed E-state index contributed by atoms with van der Waals surface area (Å²) in [5, 5.41) is 3.74. The maximum atomic E-state index is 5.57. The molecule has 3 N–H and O–H groups in total. The molecule has 1 atom stereocenters. The molecule has 1 unspecified atom stereocenters. The van der Waals surface area contributed by atoms with E-state index < -0.39 is 5.66 Å². The van der Waals surface area contributed by atoms with E-state index >= 15 is 0 Å². The topological polar surface area (TPSA) is 50.4 Å². The Bertz CT molecular complexity index is 135. The van der Waals surface area contributed by atoms with Gasteiger partial charge in [-0.1, -0.05) is 0 Å². The fourth-order valence-electron chi connectivity index (χ4n) is 0.500.